The fourth-order valence-corrected chi connectivity index (χ4v) is 1.43. The van der Waals surface area contributed by atoms with Crippen molar-refractivity contribution in [3.8, 4) is 0 Å². The monoisotopic (exact) mass is 284 g/mol. The first-order chi connectivity index (χ1) is 8.41. The summed E-state index contributed by atoms with van der Waals surface area (Å²) < 4.78 is 41.2. The molecule has 0 saturated carbocycles. The van der Waals surface area contributed by atoms with Crippen LogP contribution in [0.25, 0.3) is 0 Å². The number of hydrogen-bond donors (Lipinski definition) is 1. The van der Waals surface area contributed by atoms with E-state index in [1.54, 1.807) is 6.92 Å². The number of esters is 1. The minimum absolute atomic E-state index is 0.0672. The molecule has 0 aromatic heterocycles. The van der Waals surface area contributed by atoms with Crippen LogP contribution in [0.5, 0.6) is 0 Å². The van der Waals surface area contributed by atoms with E-state index in [1.807, 2.05) is 0 Å². The maximum atomic E-state index is 12.3. The minimum Gasteiger partial charge on any atom is -0.481 e. The van der Waals surface area contributed by atoms with Gasteiger partial charge in [0.05, 0.1) is 11.3 Å². The summed E-state index contributed by atoms with van der Waals surface area (Å²) >= 11 is 0. The highest BCUT2D eigenvalue weighted by molar-refractivity contribution is 5.77. The third kappa shape index (κ3) is 5.48. The Morgan fingerprint density at radius 3 is 2.05 bits per heavy atom. The number of ether oxygens (including phenoxy) is 1. The average molecular weight is 284 g/mol. The van der Waals surface area contributed by atoms with E-state index in [-0.39, 0.29) is 12.8 Å². The summed E-state index contributed by atoms with van der Waals surface area (Å²) in [4.78, 5) is 22.6. The zero-order chi connectivity index (χ0) is 15.4. The quantitative estimate of drug-likeness (QED) is 0.761. The molecule has 1 N–H and O–H groups in total. The normalized spacial score (nSPS) is 15.7. The summed E-state index contributed by atoms with van der Waals surface area (Å²) in [6.07, 6.45) is -6.65. The van der Waals surface area contributed by atoms with Crippen LogP contribution in [0.4, 0.5) is 13.2 Å². The second kappa shape index (κ2) is 6.25. The van der Waals surface area contributed by atoms with Gasteiger partial charge in [0.25, 0.3) is 0 Å². The second-order valence-electron chi connectivity index (χ2n) is 5.12. The van der Waals surface area contributed by atoms with Crippen molar-refractivity contribution in [2.45, 2.75) is 52.8 Å². The smallest absolute Gasteiger partial charge is 0.425 e. The van der Waals surface area contributed by atoms with Crippen molar-refractivity contribution in [2.75, 3.05) is 0 Å². The highest BCUT2D eigenvalue weighted by Gasteiger charge is 2.41. The standard InChI is InChI=1S/C12H19F3O4/c1-5-8(6-11(3,4)10(17)18)9(16)19-7(2)12(13,14)15/h7-8H,5-6H2,1-4H3,(H,17,18). The van der Waals surface area contributed by atoms with Crippen molar-refractivity contribution in [2.24, 2.45) is 11.3 Å². The highest BCUT2D eigenvalue weighted by atomic mass is 19.4. The SMILES string of the molecule is CCC(CC(C)(C)C(=O)O)C(=O)OC(C)C(F)(F)F. The molecule has 0 heterocycles. The van der Waals surface area contributed by atoms with Gasteiger partial charge in [-0.25, -0.2) is 0 Å². The molecule has 0 radical (unpaired) electrons. The van der Waals surface area contributed by atoms with E-state index in [2.05, 4.69) is 4.74 Å². The second-order valence-corrected chi connectivity index (χ2v) is 5.12. The van der Waals surface area contributed by atoms with Crippen molar-refractivity contribution in [1.82, 2.24) is 0 Å². The van der Waals surface area contributed by atoms with Crippen LogP contribution in [0.3, 0.4) is 0 Å². The molecule has 0 aliphatic heterocycles. The summed E-state index contributed by atoms with van der Waals surface area (Å²) in [6, 6.07) is 0. The molecule has 4 nitrogen and oxygen atoms in total. The first-order valence-corrected chi connectivity index (χ1v) is 5.92. The van der Waals surface area contributed by atoms with Crippen LogP contribution in [-0.4, -0.2) is 29.3 Å². The number of halogens is 3. The maximum absolute atomic E-state index is 12.3. The summed E-state index contributed by atoms with van der Waals surface area (Å²) in [7, 11) is 0. The van der Waals surface area contributed by atoms with Crippen LogP contribution in [0.15, 0.2) is 0 Å². The van der Waals surface area contributed by atoms with Crippen molar-refractivity contribution in [3.63, 3.8) is 0 Å². The first kappa shape index (κ1) is 17.7. The largest absolute Gasteiger partial charge is 0.481 e. The Morgan fingerprint density at radius 2 is 1.74 bits per heavy atom. The Labute approximate surface area is 109 Å². The zero-order valence-corrected chi connectivity index (χ0v) is 11.4. The van der Waals surface area contributed by atoms with Gasteiger partial charge in [-0.2, -0.15) is 13.2 Å². The number of aliphatic carboxylic acids is 1. The molecule has 2 unspecified atom stereocenters. The number of rotatable bonds is 6. The topological polar surface area (TPSA) is 63.6 Å². The number of carboxylic acids is 1. The lowest BCUT2D eigenvalue weighted by atomic mass is 9.82. The van der Waals surface area contributed by atoms with Gasteiger partial charge in [-0.1, -0.05) is 6.92 Å². The molecular formula is C12H19F3O4. The van der Waals surface area contributed by atoms with Gasteiger partial charge >= 0.3 is 18.1 Å². The Kier molecular flexibility index (Phi) is 5.83. The average Bonchev–Trinajstić information content (AvgIpc) is 2.23. The summed E-state index contributed by atoms with van der Waals surface area (Å²) in [5, 5.41) is 8.95. The van der Waals surface area contributed by atoms with Gasteiger partial charge in [0.2, 0.25) is 0 Å². The van der Waals surface area contributed by atoms with Gasteiger partial charge in [0, 0.05) is 0 Å². The number of carbonyl (C=O) groups is 2. The predicted molar refractivity (Wildman–Crippen MR) is 61.4 cm³/mol. The van der Waals surface area contributed by atoms with Crippen LogP contribution in [-0.2, 0) is 14.3 Å². The van der Waals surface area contributed by atoms with Gasteiger partial charge in [0.1, 0.15) is 0 Å². The van der Waals surface area contributed by atoms with E-state index >= 15 is 0 Å². The van der Waals surface area contributed by atoms with E-state index < -0.39 is 35.6 Å². The van der Waals surface area contributed by atoms with Crippen molar-refractivity contribution in [3.05, 3.63) is 0 Å². The Morgan fingerprint density at radius 1 is 1.26 bits per heavy atom. The van der Waals surface area contributed by atoms with Gasteiger partial charge < -0.3 is 9.84 Å². The maximum Gasteiger partial charge on any atom is 0.425 e. The third-order valence-corrected chi connectivity index (χ3v) is 2.92. The van der Waals surface area contributed by atoms with E-state index in [1.165, 1.54) is 13.8 Å². The molecule has 112 valence electrons. The number of alkyl halides is 3. The van der Waals surface area contributed by atoms with Gasteiger partial charge in [-0.15, -0.1) is 0 Å². The molecule has 0 fully saturated rings. The van der Waals surface area contributed by atoms with Crippen LogP contribution in [0, 0.1) is 11.3 Å². The highest BCUT2D eigenvalue weighted by Crippen LogP contribution is 2.30. The fraction of sp³-hybridized carbons (Fsp3) is 0.833. The molecular weight excluding hydrogens is 265 g/mol. The van der Waals surface area contributed by atoms with Crippen LogP contribution in [0.1, 0.15) is 40.5 Å². The van der Waals surface area contributed by atoms with E-state index in [0.29, 0.717) is 0 Å². The predicted octanol–water partition coefficient (Wildman–Crippen LogP) is 3.01. The number of hydrogen-bond acceptors (Lipinski definition) is 3. The van der Waals surface area contributed by atoms with E-state index in [0.717, 1.165) is 6.92 Å². The van der Waals surface area contributed by atoms with Crippen molar-refractivity contribution >= 4 is 11.9 Å². The van der Waals surface area contributed by atoms with Gasteiger partial charge in [0.15, 0.2) is 6.10 Å². The zero-order valence-electron chi connectivity index (χ0n) is 11.4. The lowest BCUT2D eigenvalue weighted by molar-refractivity contribution is -0.219. The van der Waals surface area contributed by atoms with Gasteiger partial charge in [-0.05, 0) is 33.6 Å². The number of carboxylic acid groups (broad SMARTS) is 1. The molecule has 0 saturated heterocycles. The summed E-state index contributed by atoms with van der Waals surface area (Å²) in [5.41, 5.74) is -1.19. The fourth-order valence-electron chi connectivity index (χ4n) is 1.43. The third-order valence-electron chi connectivity index (χ3n) is 2.92. The summed E-state index contributed by atoms with van der Waals surface area (Å²) in [6.45, 7) is 5.17. The molecule has 0 bridgehead atoms. The molecule has 0 aromatic carbocycles. The van der Waals surface area contributed by atoms with Gasteiger partial charge in [-0.3, -0.25) is 9.59 Å². The van der Waals surface area contributed by atoms with E-state index in [4.69, 9.17) is 5.11 Å². The Bertz CT molecular complexity index is 336. The lowest BCUT2D eigenvalue weighted by Crippen LogP contribution is -2.35. The molecule has 2 atom stereocenters. The van der Waals surface area contributed by atoms with E-state index in [9.17, 15) is 22.8 Å². The molecule has 0 aromatic rings. The minimum atomic E-state index is -4.61. The first-order valence-electron chi connectivity index (χ1n) is 5.92. The van der Waals surface area contributed by atoms with Crippen molar-refractivity contribution in [1.29, 1.82) is 0 Å². The Hall–Kier alpha value is -1.27. The van der Waals surface area contributed by atoms with Crippen LogP contribution in [0.2, 0.25) is 0 Å². The van der Waals surface area contributed by atoms with Crippen LogP contribution >= 0.6 is 0 Å². The molecule has 0 aliphatic rings. The molecule has 0 amide bonds. The number of carbonyl (C=O) groups excluding carboxylic acids is 1. The molecule has 7 heteroatoms. The Balaban J connectivity index is 4.71. The molecule has 0 spiro atoms. The summed E-state index contributed by atoms with van der Waals surface area (Å²) in [5.74, 6) is -2.99. The van der Waals surface area contributed by atoms with Crippen LogP contribution < -0.4 is 0 Å². The molecule has 0 rings (SSSR count). The van der Waals surface area contributed by atoms with Crippen molar-refractivity contribution < 1.29 is 32.6 Å². The molecule has 0 aliphatic carbocycles. The lowest BCUT2D eigenvalue weighted by Gasteiger charge is -2.25. The molecule has 19 heavy (non-hydrogen) atoms.